The maximum Gasteiger partial charge on any atom is 0.416 e. The van der Waals surface area contributed by atoms with Gasteiger partial charge in [-0.1, -0.05) is 0 Å². The van der Waals surface area contributed by atoms with Crippen LogP contribution < -0.4 is 0 Å². The molecule has 1 aliphatic heterocycles. The van der Waals surface area contributed by atoms with E-state index < -0.39 is 53.4 Å². The number of likely N-dealkylation sites (N-methyl/N-ethyl adjacent to an activating group) is 1. The SMILES string of the molecule is CN1C(=O)/C(=C/n2cnc(-c3cc(C(F)(F)F)cc(C(F)(F)F)c3)n2)N(CCO)C1=O. The summed E-state index contributed by atoms with van der Waals surface area (Å²) in [6, 6.07) is 0.197. The molecule has 31 heavy (non-hydrogen) atoms. The molecule has 1 aromatic carbocycles. The fourth-order valence-electron chi connectivity index (χ4n) is 2.78. The summed E-state index contributed by atoms with van der Waals surface area (Å²) in [5, 5.41) is 12.9. The molecule has 1 fully saturated rings. The fraction of sp³-hybridized carbons (Fsp3) is 0.294. The highest BCUT2D eigenvalue weighted by Gasteiger charge is 2.39. The number of hydrogen-bond donors (Lipinski definition) is 1. The van der Waals surface area contributed by atoms with Gasteiger partial charge in [0, 0.05) is 12.6 Å². The van der Waals surface area contributed by atoms with Crippen molar-refractivity contribution in [2.75, 3.05) is 20.2 Å². The molecule has 0 bridgehead atoms. The zero-order valence-corrected chi connectivity index (χ0v) is 15.6. The smallest absolute Gasteiger partial charge is 0.395 e. The van der Waals surface area contributed by atoms with E-state index in [1.807, 2.05) is 0 Å². The summed E-state index contributed by atoms with van der Waals surface area (Å²) in [4.78, 5) is 29.6. The van der Waals surface area contributed by atoms with Gasteiger partial charge in [-0.3, -0.25) is 14.6 Å². The number of carbonyl (C=O) groups is 2. The zero-order chi connectivity index (χ0) is 23.1. The molecular formula is C17H13F6N5O3. The molecule has 0 aliphatic carbocycles. The van der Waals surface area contributed by atoms with Gasteiger partial charge in [-0.05, 0) is 18.2 Å². The van der Waals surface area contributed by atoms with Gasteiger partial charge in [-0.15, -0.1) is 5.10 Å². The predicted octanol–water partition coefficient (Wildman–Crippen LogP) is 2.67. The maximum absolute atomic E-state index is 13.0. The number of halogens is 6. The second-order valence-corrected chi connectivity index (χ2v) is 6.38. The Bertz CT molecular complexity index is 1030. The Labute approximate surface area is 170 Å². The highest BCUT2D eigenvalue weighted by molar-refractivity contribution is 6.12. The Morgan fingerprint density at radius 1 is 1.03 bits per heavy atom. The first kappa shape index (κ1) is 22.3. The van der Waals surface area contributed by atoms with Gasteiger partial charge in [0.1, 0.15) is 12.0 Å². The number of amides is 3. The van der Waals surface area contributed by atoms with Crippen molar-refractivity contribution in [3.63, 3.8) is 0 Å². The minimum Gasteiger partial charge on any atom is -0.395 e. The van der Waals surface area contributed by atoms with Crippen molar-refractivity contribution in [3.05, 3.63) is 41.4 Å². The minimum absolute atomic E-state index is 0.0200. The van der Waals surface area contributed by atoms with E-state index in [9.17, 15) is 35.9 Å². The summed E-state index contributed by atoms with van der Waals surface area (Å²) in [5.41, 5.74) is -3.81. The van der Waals surface area contributed by atoms with E-state index in [-0.39, 0.29) is 18.3 Å². The Hall–Kier alpha value is -3.42. The molecule has 3 rings (SSSR count). The normalized spacial score (nSPS) is 16.7. The number of aliphatic hydroxyl groups excluding tert-OH is 1. The number of rotatable bonds is 4. The van der Waals surface area contributed by atoms with Crippen LogP contribution in [0.2, 0.25) is 0 Å². The van der Waals surface area contributed by atoms with E-state index in [2.05, 4.69) is 10.1 Å². The summed E-state index contributed by atoms with van der Waals surface area (Å²) >= 11 is 0. The van der Waals surface area contributed by atoms with E-state index >= 15 is 0 Å². The Balaban J connectivity index is 2.03. The quantitative estimate of drug-likeness (QED) is 0.440. The van der Waals surface area contributed by atoms with Crippen LogP contribution in [0.1, 0.15) is 11.1 Å². The number of hydrogen-bond acceptors (Lipinski definition) is 5. The molecule has 0 atom stereocenters. The Morgan fingerprint density at radius 2 is 1.61 bits per heavy atom. The molecule has 1 aliphatic rings. The first-order valence-corrected chi connectivity index (χ1v) is 8.46. The molecule has 3 amide bonds. The maximum atomic E-state index is 13.0. The monoisotopic (exact) mass is 449 g/mol. The van der Waals surface area contributed by atoms with Crippen LogP contribution in [-0.2, 0) is 17.1 Å². The number of benzene rings is 1. The third-order valence-electron chi connectivity index (χ3n) is 4.26. The number of nitrogens with zero attached hydrogens (tertiary/aromatic N) is 5. The number of carbonyl (C=O) groups excluding carboxylic acids is 2. The van der Waals surface area contributed by atoms with Crippen molar-refractivity contribution >= 4 is 18.1 Å². The first-order valence-electron chi connectivity index (χ1n) is 8.46. The van der Waals surface area contributed by atoms with Crippen LogP contribution >= 0.6 is 0 Å². The molecule has 1 N–H and O–H groups in total. The zero-order valence-electron chi connectivity index (χ0n) is 15.6. The average molecular weight is 449 g/mol. The Kier molecular flexibility index (Phi) is 5.52. The van der Waals surface area contributed by atoms with Crippen molar-refractivity contribution in [2.45, 2.75) is 12.4 Å². The third kappa shape index (κ3) is 4.38. The highest BCUT2D eigenvalue weighted by atomic mass is 19.4. The molecule has 2 heterocycles. The van der Waals surface area contributed by atoms with Gasteiger partial charge < -0.3 is 5.11 Å². The molecule has 14 heteroatoms. The number of aromatic nitrogens is 3. The lowest BCUT2D eigenvalue weighted by Crippen LogP contribution is -2.31. The molecule has 1 saturated heterocycles. The van der Waals surface area contributed by atoms with Gasteiger partial charge in [0.25, 0.3) is 5.91 Å². The average Bonchev–Trinajstić information content (AvgIpc) is 3.22. The number of aliphatic hydroxyl groups is 1. The van der Waals surface area contributed by atoms with Crippen LogP contribution in [0.15, 0.2) is 30.2 Å². The van der Waals surface area contributed by atoms with Gasteiger partial charge in [0.05, 0.1) is 30.5 Å². The minimum atomic E-state index is -5.04. The summed E-state index contributed by atoms with van der Waals surface area (Å²) in [6.45, 7) is -0.678. The number of β-amino-alcohol motifs (C(OH)–C–C–N with tert-alkyl or cyclic N) is 1. The van der Waals surface area contributed by atoms with Crippen LogP contribution in [0.4, 0.5) is 31.1 Å². The van der Waals surface area contributed by atoms with Crippen molar-refractivity contribution < 1.29 is 41.0 Å². The van der Waals surface area contributed by atoms with E-state index in [0.29, 0.717) is 12.1 Å². The number of imide groups is 1. The van der Waals surface area contributed by atoms with Gasteiger partial charge in [0.2, 0.25) is 0 Å². The topological polar surface area (TPSA) is 91.6 Å². The fourth-order valence-corrected chi connectivity index (χ4v) is 2.78. The van der Waals surface area contributed by atoms with Crippen LogP contribution in [0.3, 0.4) is 0 Å². The molecule has 166 valence electrons. The summed E-state index contributed by atoms with van der Waals surface area (Å²) in [5.74, 6) is -1.21. The van der Waals surface area contributed by atoms with Gasteiger partial charge >= 0.3 is 18.4 Å². The summed E-state index contributed by atoms with van der Waals surface area (Å²) < 4.78 is 79.1. The van der Waals surface area contributed by atoms with Crippen LogP contribution in [0.25, 0.3) is 17.6 Å². The second kappa shape index (κ2) is 7.68. The summed E-state index contributed by atoms with van der Waals surface area (Å²) in [6.07, 6.45) is -8.10. The third-order valence-corrected chi connectivity index (χ3v) is 4.26. The van der Waals surface area contributed by atoms with E-state index in [1.165, 1.54) is 7.05 Å². The predicted molar refractivity (Wildman–Crippen MR) is 91.7 cm³/mol. The van der Waals surface area contributed by atoms with E-state index in [4.69, 9.17) is 5.11 Å². The largest absolute Gasteiger partial charge is 0.416 e. The molecule has 0 saturated carbocycles. The first-order chi connectivity index (χ1) is 14.3. The van der Waals surface area contributed by atoms with Crippen molar-refractivity contribution in [3.8, 4) is 11.4 Å². The highest BCUT2D eigenvalue weighted by Crippen LogP contribution is 2.38. The van der Waals surface area contributed by atoms with E-state index in [0.717, 1.165) is 27.0 Å². The molecule has 1 aromatic heterocycles. The lowest BCUT2D eigenvalue weighted by atomic mass is 10.0. The van der Waals surface area contributed by atoms with E-state index in [1.54, 1.807) is 0 Å². The number of alkyl halides is 6. The van der Waals surface area contributed by atoms with Crippen molar-refractivity contribution in [1.29, 1.82) is 0 Å². The second-order valence-electron chi connectivity index (χ2n) is 6.38. The standard InChI is InChI=1S/C17H13F6N5O3/c1-26-14(30)12(28(2-3-29)15(26)31)7-27-8-24-13(25-27)9-4-10(16(18,19)20)6-11(5-9)17(21,22)23/h4-8,29H,2-3H2,1H3/b12-7-. The lowest BCUT2D eigenvalue weighted by Gasteiger charge is -2.13. The molecule has 0 spiro atoms. The van der Waals surface area contributed by atoms with Crippen LogP contribution in [0.5, 0.6) is 0 Å². The molecule has 0 unspecified atom stereocenters. The summed E-state index contributed by atoms with van der Waals surface area (Å²) in [7, 11) is 1.20. The van der Waals surface area contributed by atoms with Gasteiger partial charge in [-0.25, -0.2) is 14.5 Å². The van der Waals surface area contributed by atoms with Gasteiger partial charge in [0.15, 0.2) is 5.82 Å². The van der Waals surface area contributed by atoms with Crippen molar-refractivity contribution in [1.82, 2.24) is 24.6 Å². The molecule has 2 aromatic rings. The Morgan fingerprint density at radius 3 is 2.13 bits per heavy atom. The van der Waals surface area contributed by atoms with Crippen molar-refractivity contribution in [2.24, 2.45) is 0 Å². The number of urea groups is 1. The molecular weight excluding hydrogens is 436 g/mol. The van der Waals surface area contributed by atoms with Gasteiger partial charge in [-0.2, -0.15) is 26.3 Å². The molecule has 0 radical (unpaired) electrons. The van der Waals surface area contributed by atoms with Crippen LogP contribution in [0, 0.1) is 0 Å². The van der Waals surface area contributed by atoms with Crippen LogP contribution in [-0.4, -0.2) is 61.8 Å². The lowest BCUT2D eigenvalue weighted by molar-refractivity contribution is -0.143. The molecule has 8 nitrogen and oxygen atoms in total.